The van der Waals surface area contributed by atoms with E-state index in [4.69, 9.17) is 21.6 Å². The van der Waals surface area contributed by atoms with Crippen molar-refractivity contribution in [3.63, 3.8) is 0 Å². The fraction of sp³-hybridized carbons (Fsp3) is 0.300. The summed E-state index contributed by atoms with van der Waals surface area (Å²) in [5.74, 6) is 0.217. The second kappa shape index (κ2) is 7.58. The molecule has 0 heterocycles. The number of rotatable bonds is 4. The van der Waals surface area contributed by atoms with Crippen molar-refractivity contribution < 1.29 is 9.53 Å². The third-order valence-electron chi connectivity index (χ3n) is 4.42. The number of hydrogen-bond donors (Lipinski definition) is 1. The van der Waals surface area contributed by atoms with Crippen molar-refractivity contribution in [3.8, 4) is 11.8 Å². The maximum Gasteiger partial charge on any atom is 0.261 e. The maximum atomic E-state index is 12.5. The van der Waals surface area contributed by atoms with E-state index in [1.807, 2.05) is 18.2 Å². The number of fused-ring (bicyclic) bond motifs is 1. The Hall–Kier alpha value is -2.51. The fourth-order valence-electron chi connectivity index (χ4n) is 3.10. The third kappa shape index (κ3) is 3.94. The Morgan fingerprint density at radius 1 is 1.36 bits per heavy atom. The van der Waals surface area contributed by atoms with Crippen molar-refractivity contribution in [3.05, 3.63) is 64.2 Å². The Bertz CT molecular complexity index is 829. The van der Waals surface area contributed by atoms with Crippen LogP contribution in [0.2, 0.25) is 5.02 Å². The Morgan fingerprint density at radius 2 is 2.16 bits per heavy atom. The number of nitrogens with zero attached hydrogens (tertiary/aromatic N) is 1. The molecule has 25 heavy (non-hydrogen) atoms. The average molecular weight is 355 g/mol. The number of carbonyl (C=O) groups excluding carboxylic acids is 1. The summed E-state index contributed by atoms with van der Waals surface area (Å²) in [5, 5.41) is 12.3. The summed E-state index contributed by atoms with van der Waals surface area (Å²) < 4.78 is 5.68. The minimum Gasteiger partial charge on any atom is -0.479 e. The van der Waals surface area contributed by atoms with Gasteiger partial charge in [-0.15, -0.1) is 0 Å². The molecule has 0 fully saturated rings. The van der Waals surface area contributed by atoms with Gasteiger partial charge in [0.1, 0.15) is 5.75 Å². The molecule has 0 radical (unpaired) electrons. The number of halogens is 1. The molecule has 0 saturated carbocycles. The number of nitriles is 1. The highest BCUT2D eigenvalue weighted by Gasteiger charge is 2.24. The first-order valence-electron chi connectivity index (χ1n) is 8.33. The summed E-state index contributed by atoms with van der Waals surface area (Å²) in [6.45, 7) is 1.69. The molecule has 128 valence electrons. The molecule has 0 bridgehead atoms. The van der Waals surface area contributed by atoms with E-state index >= 15 is 0 Å². The molecule has 4 nitrogen and oxygen atoms in total. The molecule has 5 heteroatoms. The van der Waals surface area contributed by atoms with Crippen molar-refractivity contribution in [1.29, 1.82) is 5.26 Å². The van der Waals surface area contributed by atoms with Crippen LogP contribution in [0.15, 0.2) is 42.5 Å². The van der Waals surface area contributed by atoms with Crippen LogP contribution in [-0.4, -0.2) is 12.0 Å². The normalized spacial score (nSPS) is 17.1. The molecule has 1 N–H and O–H groups in total. The molecule has 0 aromatic heterocycles. The molecule has 1 amide bonds. The van der Waals surface area contributed by atoms with Gasteiger partial charge in [0.05, 0.1) is 22.7 Å². The van der Waals surface area contributed by atoms with Gasteiger partial charge >= 0.3 is 0 Å². The highest BCUT2D eigenvalue weighted by Crippen LogP contribution is 2.30. The van der Waals surface area contributed by atoms with E-state index in [1.54, 1.807) is 19.1 Å². The largest absolute Gasteiger partial charge is 0.479 e. The fourth-order valence-corrected chi connectivity index (χ4v) is 3.33. The zero-order valence-corrected chi connectivity index (χ0v) is 14.7. The van der Waals surface area contributed by atoms with Crippen molar-refractivity contribution in [2.45, 2.75) is 38.3 Å². The molecule has 3 rings (SSSR count). The number of aryl methyl sites for hydroxylation is 1. The van der Waals surface area contributed by atoms with E-state index in [2.05, 4.69) is 17.4 Å². The van der Waals surface area contributed by atoms with Crippen molar-refractivity contribution >= 4 is 17.5 Å². The van der Waals surface area contributed by atoms with Crippen LogP contribution in [0.3, 0.4) is 0 Å². The van der Waals surface area contributed by atoms with Gasteiger partial charge in [-0.2, -0.15) is 5.26 Å². The summed E-state index contributed by atoms with van der Waals surface area (Å²) >= 11 is 6.11. The Kier molecular flexibility index (Phi) is 5.25. The summed E-state index contributed by atoms with van der Waals surface area (Å²) in [7, 11) is 0. The Balaban J connectivity index is 1.67. The molecule has 2 atom stereocenters. The van der Waals surface area contributed by atoms with Gasteiger partial charge in [0, 0.05) is 0 Å². The van der Waals surface area contributed by atoms with E-state index in [1.165, 1.54) is 17.2 Å². The summed E-state index contributed by atoms with van der Waals surface area (Å²) in [6, 6.07) is 15.0. The van der Waals surface area contributed by atoms with Crippen LogP contribution in [0.4, 0.5) is 0 Å². The van der Waals surface area contributed by atoms with Gasteiger partial charge in [0.15, 0.2) is 6.10 Å². The minimum atomic E-state index is -0.681. The standard InChI is InChI=1S/C20H19ClN2O2/c1-13(25-19-10-9-14(12-22)11-17(19)21)20(24)23-18-8-4-6-15-5-2-3-7-16(15)18/h2-3,5,7,9-11,13,18H,4,6,8H2,1H3,(H,23,24)/t13-,18+/m0/s1. The van der Waals surface area contributed by atoms with Gasteiger partial charge in [-0.3, -0.25) is 4.79 Å². The van der Waals surface area contributed by atoms with Gasteiger partial charge in [-0.1, -0.05) is 35.9 Å². The monoisotopic (exact) mass is 354 g/mol. The van der Waals surface area contributed by atoms with Crippen LogP contribution in [0.1, 0.15) is 42.5 Å². The highest BCUT2D eigenvalue weighted by molar-refractivity contribution is 6.32. The van der Waals surface area contributed by atoms with Crippen molar-refractivity contribution in [1.82, 2.24) is 5.32 Å². The number of hydrogen-bond acceptors (Lipinski definition) is 3. The average Bonchev–Trinajstić information content (AvgIpc) is 2.63. The molecule has 2 aromatic carbocycles. The first-order chi connectivity index (χ1) is 12.1. The molecule has 0 spiro atoms. The lowest BCUT2D eigenvalue weighted by molar-refractivity contribution is -0.128. The van der Waals surface area contributed by atoms with E-state index in [0.717, 1.165) is 19.3 Å². The molecule has 0 saturated heterocycles. The van der Waals surface area contributed by atoms with Crippen LogP contribution < -0.4 is 10.1 Å². The van der Waals surface area contributed by atoms with Crippen LogP contribution in [0.5, 0.6) is 5.75 Å². The van der Waals surface area contributed by atoms with Crippen LogP contribution >= 0.6 is 11.6 Å². The zero-order valence-electron chi connectivity index (χ0n) is 14.0. The van der Waals surface area contributed by atoms with E-state index in [9.17, 15) is 4.79 Å². The molecule has 0 unspecified atom stereocenters. The second-order valence-corrected chi connectivity index (χ2v) is 6.58. The first-order valence-corrected chi connectivity index (χ1v) is 8.71. The van der Waals surface area contributed by atoms with Crippen LogP contribution in [0.25, 0.3) is 0 Å². The number of nitrogens with one attached hydrogen (secondary N) is 1. The van der Waals surface area contributed by atoms with E-state index in [0.29, 0.717) is 16.3 Å². The lowest BCUT2D eigenvalue weighted by atomic mass is 9.87. The number of benzene rings is 2. The van der Waals surface area contributed by atoms with E-state index < -0.39 is 6.10 Å². The number of carbonyl (C=O) groups is 1. The van der Waals surface area contributed by atoms with Crippen molar-refractivity contribution in [2.75, 3.05) is 0 Å². The summed E-state index contributed by atoms with van der Waals surface area (Å²) in [4.78, 5) is 12.5. The molecular weight excluding hydrogens is 336 g/mol. The second-order valence-electron chi connectivity index (χ2n) is 6.17. The van der Waals surface area contributed by atoms with Crippen LogP contribution in [-0.2, 0) is 11.2 Å². The predicted octanol–water partition coefficient (Wildman–Crippen LogP) is 4.17. The summed E-state index contributed by atoms with van der Waals surface area (Å²) in [5.41, 5.74) is 2.93. The first kappa shape index (κ1) is 17.3. The van der Waals surface area contributed by atoms with Gasteiger partial charge in [0.25, 0.3) is 5.91 Å². The lowest BCUT2D eigenvalue weighted by Crippen LogP contribution is -2.39. The quantitative estimate of drug-likeness (QED) is 0.896. The predicted molar refractivity (Wildman–Crippen MR) is 96.5 cm³/mol. The molecule has 1 aliphatic rings. The topological polar surface area (TPSA) is 62.1 Å². The highest BCUT2D eigenvalue weighted by atomic mass is 35.5. The zero-order chi connectivity index (χ0) is 17.8. The lowest BCUT2D eigenvalue weighted by Gasteiger charge is -2.27. The third-order valence-corrected chi connectivity index (χ3v) is 4.72. The number of ether oxygens (including phenoxy) is 1. The van der Waals surface area contributed by atoms with E-state index in [-0.39, 0.29) is 11.9 Å². The Labute approximate surface area is 152 Å². The number of amides is 1. The minimum absolute atomic E-state index is 0.0138. The molecular formula is C20H19ClN2O2. The van der Waals surface area contributed by atoms with Crippen molar-refractivity contribution in [2.24, 2.45) is 0 Å². The molecule has 2 aromatic rings. The van der Waals surface area contributed by atoms with Gasteiger partial charge in [0.2, 0.25) is 0 Å². The summed E-state index contributed by atoms with van der Waals surface area (Å²) in [6.07, 6.45) is 2.35. The van der Waals surface area contributed by atoms with Gasteiger partial charge in [-0.05, 0) is 55.5 Å². The maximum absolute atomic E-state index is 12.5. The molecule has 1 aliphatic carbocycles. The SMILES string of the molecule is C[C@H](Oc1ccc(C#N)cc1Cl)C(=O)N[C@@H]1CCCc2ccccc21. The smallest absolute Gasteiger partial charge is 0.261 e. The van der Waals surface area contributed by atoms with Crippen LogP contribution in [0, 0.1) is 11.3 Å². The Morgan fingerprint density at radius 3 is 2.92 bits per heavy atom. The van der Waals surface area contributed by atoms with Gasteiger partial charge in [-0.25, -0.2) is 0 Å². The van der Waals surface area contributed by atoms with Gasteiger partial charge < -0.3 is 10.1 Å². The molecule has 0 aliphatic heterocycles.